The number of nitrogens with zero attached hydrogens (tertiary/aromatic N) is 3. The van der Waals surface area contributed by atoms with Crippen LogP contribution >= 0.6 is 0 Å². The maximum atomic E-state index is 11.6. The van der Waals surface area contributed by atoms with Crippen molar-refractivity contribution in [2.45, 2.75) is 32.4 Å². The predicted molar refractivity (Wildman–Crippen MR) is 66.7 cm³/mol. The average Bonchev–Trinajstić information content (AvgIpc) is 2.82. The van der Waals surface area contributed by atoms with Crippen molar-refractivity contribution in [1.29, 1.82) is 0 Å². The van der Waals surface area contributed by atoms with Crippen LogP contribution in [0.4, 0.5) is 0 Å². The lowest BCUT2D eigenvalue weighted by molar-refractivity contribution is -0.121. The van der Waals surface area contributed by atoms with Gasteiger partial charge in [-0.2, -0.15) is 0 Å². The maximum Gasteiger partial charge on any atom is 0.241 e. The van der Waals surface area contributed by atoms with Crippen LogP contribution in [0, 0.1) is 0 Å². The van der Waals surface area contributed by atoms with Gasteiger partial charge in [-0.1, -0.05) is 12.1 Å². The quantitative estimate of drug-likeness (QED) is 0.629. The second-order valence-electron chi connectivity index (χ2n) is 4.05. The SMILES string of the molecule is CCC(N)c1cn(CC(=O)NCCCOC)nn1. The summed E-state index contributed by atoms with van der Waals surface area (Å²) in [5.41, 5.74) is 6.53. The second-order valence-corrected chi connectivity index (χ2v) is 4.05. The van der Waals surface area contributed by atoms with Gasteiger partial charge in [-0.25, -0.2) is 4.68 Å². The van der Waals surface area contributed by atoms with Gasteiger partial charge in [0.25, 0.3) is 0 Å². The van der Waals surface area contributed by atoms with Crippen molar-refractivity contribution < 1.29 is 9.53 Å². The molecule has 0 aliphatic rings. The number of hydrogen-bond acceptors (Lipinski definition) is 5. The highest BCUT2D eigenvalue weighted by Gasteiger charge is 2.10. The average molecular weight is 255 g/mol. The van der Waals surface area contributed by atoms with E-state index in [0.29, 0.717) is 18.8 Å². The molecule has 0 aliphatic heterocycles. The minimum atomic E-state index is -0.122. The Bertz CT molecular complexity index is 366. The smallest absolute Gasteiger partial charge is 0.241 e. The number of hydrogen-bond donors (Lipinski definition) is 2. The number of ether oxygens (including phenoxy) is 1. The van der Waals surface area contributed by atoms with E-state index >= 15 is 0 Å². The fourth-order valence-corrected chi connectivity index (χ4v) is 1.42. The molecule has 0 fully saturated rings. The van der Waals surface area contributed by atoms with Crippen molar-refractivity contribution in [2.75, 3.05) is 20.3 Å². The Morgan fingerprint density at radius 2 is 2.44 bits per heavy atom. The molecule has 7 nitrogen and oxygen atoms in total. The van der Waals surface area contributed by atoms with Gasteiger partial charge in [-0.3, -0.25) is 4.79 Å². The van der Waals surface area contributed by atoms with Crippen LogP contribution in [0.25, 0.3) is 0 Å². The molecule has 1 amide bonds. The summed E-state index contributed by atoms with van der Waals surface area (Å²) in [5, 5.41) is 10.6. The summed E-state index contributed by atoms with van der Waals surface area (Å²) in [6.45, 7) is 3.38. The third-order valence-electron chi connectivity index (χ3n) is 2.53. The second kappa shape index (κ2) is 7.78. The first-order valence-corrected chi connectivity index (χ1v) is 6.08. The van der Waals surface area contributed by atoms with Crippen molar-refractivity contribution >= 4 is 5.91 Å². The number of nitrogens with one attached hydrogen (secondary N) is 1. The van der Waals surface area contributed by atoms with E-state index in [1.165, 1.54) is 4.68 Å². The van der Waals surface area contributed by atoms with Gasteiger partial charge in [-0.05, 0) is 12.8 Å². The Morgan fingerprint density at radius 1 is 1.67 bits per heavy atom. The zero-order valence-corrected chi connectivity index (χ0v) is 10.9. The fraction of sp³-hybridized carbons (Fsp3) is 0.727. The van der Waals surface area contributed by atoms with Crippen molar-refractivity contribution in [3.8, 4) is 0 Å². The van der Waals surface area contributed by atoms with Crippen LogP contribution in [-0.2, 0) is 16.1 Å². The number of methoxy groups -OCH3 is 1. The lowest BCUT2D eigenvalue weighted by Crippen LogP contribution is -2.29. The largest absolute Gasteiger partial charge is 0.385 e. The van der Waals surface area contributed by atoms with E-state index in [1.54, 1.807) is 13.3 Å². The first-order chi connectivity index (χ1) is 8.67. The Balaban J connectivity index is 2.33. The van der Waals surface area contributed by atoms with E-state index in [4.69, 9.17) is 10.5 Å². The van der Waals surface area contributed by atoms with Gasteiger partial charge in [-0.15, -0.1) is 5.10 Å². The van der Waals surface area contributed by atoms with Gasteiger partial charge in [0.05, 0.1) is 17.9 Å². The molecular formula is C11H21N5O2. The van der Waals surface area contributed by atoms with Crippen molar-refractivity contribution in [3.05, 3.63) is 11.9 Å². The molecule has 1 heterocycles. The monoisotopic (exact) mass is 255 g/mol. The number of carbonyl (C=O) groups is 1. The van der Waals surface area contributed by atoms with Gasteiger partial charge in [0.2, 0.25) is 5.91 Å². The summed E-state index contributed by atoms with van der Waals surface area (Å²) < 4.78 is 6.39. The molecule has 102 valence electrons. The van der Waals surface area contributed by atoms with Crippen LogP contribution in [0.15, 0.2) is 6.20 Å². The zero-order valence-electron chi connectivity index (χ0n) is 10.9. The van der Waals surface area contributed by atoms with Crippen LogP contribution in [0.2, 0.25) is 0 Å². The summed E-state index contributed by atoms with van der Waals surface area (Å²) >= 11 is 0. The van der Waals surface area contributed by atoms with Crippen LogP contribution in [0.1, 0.15) is 31.5 Å². The van der Waals surface area contributed by atoms with E-state index in [9.17, 15) is 4.79 Å². The molecular weight excluding hydrogens is 234 g/mol. The van der Waals surface area contributed by atoms with Crippen LogP contribution in [-0.4, -0.2) is 41.2 Å². The Kier molecular flexibility index (Phi) is 6.31. The third-order valence-corrected chi connectivity index (χ3v) is 2.53. The van der Waals surface area contributed by atoms with Gasteiger partial charge in [0, 0.05) is 20.3 Å². The molecule has 0 saturated heterocycles. The summed E-state index contributed by atoms with van der Waals surface area (Å²) in [7, 11) is 1.63. The number of amides is 1. The Hall–Kier alpha value is -1.47. The van der Waals surface area contributed by atoms with E-state index < -0.39 is 0 Å². The molecule has 18 heavy (non-hydrogen) atoms. The normalized spacial score (nSPS) is 12.4. The van der Waals surface area contributed by atoms with Gasteiger partial charge >= 0.3 is 0 Å². The van der Waals surface area contributed by atoms with Crippen molar-refractivity contribution in [1.82, 2.24) is 20.3 Å². The van der Waals surface area contributed by atoms with E-state index in [1.807, 2.05) is 6.92 Å². The van der Waals surface area contributed by atoms with Crippen molar-refractivity contribution in [3.63, 3.8) is 0 Å². The lowest BCUT2D eigenvalue weighted by atomic mass is 10.2. The summed E-state index contributed by atoms with van der Waals surface area (Å²) in [6.07, 6.45) is 3.30. The Labute approximate surface area is 107 Å². The summed E-state index contributed by atoms with van der Waals surface area (Å²) in [6, 6.07) is -0.122. The molecule has 1 unspecified atom stereocenters. The highest BCUT2D eigenvalue weighted by molar-refractivity contribution is 5.75. The topological polar surface area (TPSA) is 95.1 Å². The predicted octanol–water partition coefficient (Wildman–Crippen LogP) is -0.159. The molecule has 1 aromatic heterocycles. The number of rotatable bonds is 8. The van der Waals surface area contributed by atoms with Gasteiger partial charge < -0.3 is 15.8 Å². The zero-order chi connectivity index (χ0) is 13.4. The first kappa shape index (κ1) is 14.6. The van der Waals surface area contributed by atoms with Crippen LogP contribution < -0.4 is 11.1 Å². The van der Waals surface area contributed by atoms with Gasteiger partial charge in [0.1, 0.15) is 6.54 Å². The molecule has 0 spiro atoms. The van der Waals surface area contributed by atoms with Crippen LogP contribution in [0.3, 0.4) is 0 Å². The molecule has 1 aromatic rings. The minimum Gasteiger partial charge on any atom is -0.385 e. The van der Waals surface area contributed by atoms with Crippen molar-refractivity contribution in [2.24, 2.45) is 5.73 Å². The molecule has 7 heteroatoms. The minimum absolute atomic E-state index is 0.0902. The number of aromatic nitrogens is 3. The molecule has 0 bridgehead atoms. The third kappa shape index (κ3) is 4.80. The highest BCUT2D eigenvalue weighted by Crippen LogP contribution is 2.08. The number of nitrogens with two attached hydrogens (primary N) is 1. The lowest BCUT2D eigenvalue weighted by Gasteiger charge is -2.04. The molecule has 1 rings (SSSR count). The molecule has 0 aromatic carbocycles. The molecule has 0 radical (unpaired) electrons. The van der Waals surface area contributed by atoms with Crippen LogP contribution in [0.5, 0.6) is 0 Å². The van der Waals surface area contributed by atoms with E-state index in [0.717, 1.165) is 12.8 Å². The summed E-state index contributed by atoms with van der Waals surface area (Å²) in [4.78, 5) is 11.6. The molecule has 1 atom stereocenters. The molecule has 0 aliphatic carbocycles. The van der Waals surface area contributed by atoms with E-state index in [-0.39, 0.29) is 18.5 Å². The molecule has 3 N–H and O–H groups in total. The first-order valence-electron chi connectivity index (χ1n) is 6.08. The fourth-order valence-electron chi connectivity index (χ4n) is 1.42. The highest BCUT2D eigenvalue weighted by atomic mass is 16.5. The Morgan fingerprint density at radius 3 is 3.11 bits per heavy atom. The maximum absolute atomic E-state index is 11.6. The standard InChI is InChI=1S/C11H21N5O2/c1-3-9(12)10-7-16(15-14-10)8-11(17)13-5-4-6-18-2/h7,9H,3-6,8,12H2,1-2H3,(H,13,17). The van der Waals surface area contributed by atoms with E-state index in [2.05, 4.69) is 15.6 Å². The number of carbonyl (C=O) groups excluding carboxylic acids is 1. The van der Waals surface area contributed by atoms with Gasteiger partial charge in [0.15, 0.2) is 0 Å². The summed E-state index contributed by atoms with van der Waals surface area (Å²) in [5.74, 6) is -0.0902. The molecule has 0 saturated carbocycles.